The van der Waals surface area contributed by atoms with Gasteiger partial charge in [-0.15, -0.1) is 11.3 Å². The van der Waals surface area contributed by atoms with Gasteiger partial charge in [-0.05, 0) is 31.0 Å². The predicted molar refractivity (Wildman–Crippen MR) is 102 cm³/mol. The van der Waals surface area contributed by atoms with Crippen LogP contribution in [-0.2, 0) is 0 Å². The van der Waals surface area contributed by atoms with Crippen LogP contribution in [0.15, 0.2) is 35.8 Å². The lowest BCUT2D eigenvalue weighted by Gasteiger charge is -2.11. The first kappa shape index (κ1) is 16.3. The number of nitrogens with one attached hydrogen (secondary N) is 1. The standard InChI is InChI=1S/C20H23N3OS/c1-13(2)20-22-16(12-25-20)18-11-15(17-9-5-6-10-23(17)18)19(24)21-14-7-3-4-8-14/h5-6,9-14H,3-4,7-8H2,1-2H3,(H,21,24). The van der Waals surface area contributed by atoms with Crippen LogP contribution in [0.3, 0.4) is 0 Å². The highest BCUT2D eigenvalue weighted by Crippen LogP contribution is 2.30. The molecule has 1 N–H and O–H groups in total. The first-order chi connectivity index (χ1) is 12.1. The summed E-state index contributed by atoms with van der Waals surface area (Å²) < 4.78 is 2.07. The van der Waals surface area contributed by atoms with Crippen molar-refractivity contribution >= 4 is 22.8 Å². The summed E-state index contributed by atoms with van der Waals surface area (Å²) in [5.74, 6) is 0.441. The van der Waals surface area contributed by atoms with Crippen LogP contribution in [0.4, 0.5) is 0 Å². The van der Waals surface area contributed by atoms with Crippen molar-refractivity contribution in [2.75, 3.05) is 0 Å². The second-order valence-corrected chi connectivity index (χ2v) is 7.97. The highest BCUT2D eigenvalue weighted by molar-refractivity contribution is 7.10. The summed E-state index contributed by atoms with van der Waals surface area (Å²) in [6, 6.07) is 8.28. The van der Waals surface area contributed by atoms with Crippen LogP contribution in [0.1, 0.15) is 60.8 Å². The molecule has 1 aliphatic rings. The molecule has 0 bridgehead atoms. The van der Waals surface area contributed by atoms with Crippen LogP contribution in [0.25, 0.3) is 16.9 Å². The number of amides is 1. The topological polar surface area (TPSA) is 46.4 Å². The van der Waals surface area contributed by atoms with Crippen LogP contribution in [-0.4, -0.2) is 21.3 Å². The molecule has 1 fully saturated rings. The largest absolute Gasteiger partial charge is 0.349 e. The van der Waals surface area contributed by atoms with Gasteiger partial charge in [-0.1, -0.05) is 32.8 Å². The maximum Gasteiger partial charge on any atom is 0.253 e. The molecule has 1 amide bonds. The van der Waals surface area contributed by atoms with Crippen molar-refractivity contribution < 1.29 is 4.79 Å². The van der Waals surface area contributed by atoms with Crippen LogP contribution in [0.5, 0.6) is 0 Å². The maximum absolute atomic E-state index is 12.8. The molecule has 3 heterocycles. The molecular weight excluding hydrogens is 330 g/mol. The third-order valence-corrected chi connectivity index (χ3v) is 6.04. The molecule has 3 aromatic rings. The third-order valence-electron chi connectivity index (χ3n) is 4.89. The molecule has 3 aromatic heterocycles. The molecule has 1 aliphatic carbocycles. The molecule has 0 aromatic carbocycles. The molecule has 4 rings (SSSR count). The summed E-state index contributed by atoms with van der Waals surface area (Å²) in [4.78, 5) is 17.6. The number of hydrogen-bond donors (Lipinski definition) is 1. The second kappa shape index (κ2) is 6.64. The fourth-order valence-electron chi connectivity index (χ4n) is 3.54. The lowest BCUT2D eigenvalue weighted by atomic mass is 10.2. The zero-order valence-electron chi connectivity index (χ0n) is 14.7. The second-order valence-electron chi connectivity index (χ2n) is 7.08. The number of rotatable bonds is 4. The smallest absolute Gasteiger partial charge is 0.253 e. The van der Waals surface area contributed by atoms with Crippen LogP contribution in [0.2, 0.25) is 0 Å². The van der Waals surface area contributed by atoms with Crippen molar-refractivity contribution in [3.05, 3.63) is 46.4 Å². The molecule has 0 atom stereocenters. The Hall–Kier alpha value is -2.14. The number of carbonyl (C=O) groups excluding carboxylic acids is 1. The monoisotopic (exact) mass is 353 g/mol. The molecule has 0 radical (unpaired) electrons. The van der Waals surface area contributed by atoms with Gasteiger partial charge in [-0.3, -0.25) is 4.79 Å². The maximum atomic E-state index is 12.8. The van der Waals surface area contributed by atoms with Crippen molar-refractivity contribution in [1.82, 2.24) is 14.7 Å². The molecular formula is C20H23N3OS. The molecule has 25 heavy (non-hydrogen) atoms. The lowest BCUT2D eigenvalue weighted by molar-refractivity contribution is 0.0939. The van der Waals surface area contributed by atoms with E-state index in [0.29, 0.717) is 12.0 Å². The summed E-state index contributed by atoms with van der Waals surface area (Å²) in [5, 5.41) is 6.41. The Bertz CT molecular complexity index is 903. The summed E-state index contributed by atoms with van der Waals surface area (Å²) in [6.07, 6.45) is 6.61. The zero-order valence-corrected chi connectivity index (χ0v) is 15.5. The fourth-order valence-corrected chi connectivity index (χ4v) is 4.36. The molecule has 0 saturated heterocycles. The van der Waals surface area contributed by atoms with Crippen LogP contribution in [0, 0.1) is 0 Å². The van der Waals surface area contributed by atoms with E-state index in [1.54, 1.807) is 11.3 Å². The number of thiazole rings is 1. The number of pyridine rings is 1. The van der Waals surface area contributed by atoms with E-state index in [4.69, 9.17) is 4.98 Å². The van der Waals surface area contributed by atoms with E-state index in [-0.39, 0.29) is 5.91 Å². The van der Waals surface area contributed by atoms with E-state index in [2.05, 4.69) is 28.9 Å². The predicted octanol–water partition coefficient (Wildman–Crippen LogP) is 4.86. The Morgan fingerprint density at radius 1 is 1.32 bits per heavy atom. The molecule has 130 valence electrons. The molecule has 1 saturated carbocycles. The Balaban J connectivity index is 1.74. The van der Waals surface area contributed by atoms with Gasteiger partial charge in [-0.25, -0.2) is 4.98 Å². The summed E-state index contributed by atoms with van der Waals surface area (Å²) >= 11 is 1.68. The Kier molecular flexibility index (Phi) is 4.34. The van der Waals surface area contributed by atoms with E-state index in [1.807, 2.05) is 30.5 Å². The minimum atomic E-state index is 0.0289. The summed E-state index contributed by atoms with van der Waals surface area (Å²) in [6.45, 7) is 4.30. The van der Waals surface area contributed by atoms with Gasteiger partial charge in [0.15, 0.2) is 0 Å². The summed E-state index contributed by atoms with van der Waals surface area (Å²) in [7, 11) is 0. The lowest BCUT2D eigenvalue weighted by Crippen LogP contribution is -2.32. The first-order valence-corrected chi connectivity index (χ1v) is 9.88. The van der Waals surface area contributed by atoms with Crippen LogP contribution >= 0.6 is 11.3 Å². The highest BCUT2D eigenvalue weighted by Gasteiger charge is 2.22. The minimum absolute atomic E-state index is 0.0289. The molecule has 0 aliphatic heterocycles. The quantitative estimate of drug-likeness (QED) is 0.728. The first-order valence-electron chi connectivity index (χ1n) is 9.00. The van der Waals surface area contributed by atoms with E-state index in [1.165, 1.54) is 12.8 Å². The minimum Gasteiger partial charge on any atom is -0.349 e. The van der Waals surface area contributed by atoms with Crippen molar-refractivity contribution in [2.24, 2.45) is 0 Å². The number of aromatic nitrogens is 2. The van der Waals surface area contributed by atoms with Gasteiger partial charge in [0.05, 0.1) is 27.5 Å². The van der Waals surface area contributed by atoms with Gasteiger partial charge < -0.3 is 9.72 Å². The SMILES string of the molecule is CC(C)c1nc(-c2cc(C(=O)NC3CCCC3)c3ccccn23)cs1. The number of fused-ring (bicyclic) bond motifs is 1. The average molecular weight is 353 g/mol. The van der Waals surface area contributed by atoms with Crippen molar-refractivity contribution in [2.45, 2.75) is 51.5 Å². The molecule has 4 nitrogen and oxygen atoms in total. The van der Waals surface area contributed by atoms with Gasteiger partial charge in [0.1, 0.15) is 0 Å². The van der Waals surface area contributed by atoms with Crippen molar-refractivity contribution in [3.63, 3.8) is 0 Å². The normalized spacial score (nSPS) is 15.3. The number of carbonyl (C=O) groups is 1. The number of nitrogens with zero attached hydrogens (tertiary/aromatic N) is 2. The van der Waals surface area contributed by atoms with E-state index >= 15 is 0 Å². The van der Waals surface area contributed by atoms with Gasteiger partial charge in [0, 0.05) is 23.5 Å². The molecule has 0 unspecified atom stereocenters. The van der Waals surface area contributed by atoms with E-state index < -0.39 is 0 Å². The van der Waals surface area contributed by atoms with Crippen LogP contribution < -0.4 is 5.32 Å². The van der Waals surface area contributed by atoms with Crippen molar-refractivity contribution in [1.29, 1.82) is 0 Å². The highest BCUT2D eigenvalue weighted by atomic mass is 32.1. The third kappa shape index (κ3) is 3.09. The van der Waals surface area contributed by atoms with Gasteiger partial charge in [-0.2, -0.15) is 0 Å². The van der Waals surface area contributed by atoms with E-state index in [9.17, 15) is 4.79 Å². The Morgan fingerprint density at radius 2 is 2.12 bits per heavy atom. The summed E-state index contributed by atoms with van der Waals surface area (Å²) in [5.41, 5.74) is 3.60. The Morgan fingerprint density at radius 3 is 2.84 bits per heavy atom. The Labute approximate surface area is 151 Å². The van der Waals surface area contributed by atoms with Gasteiger partial charge in [0.25, 0.3) is 5.91 Å². The van der Waals surface area contributed by atoms with Gasteiger partial charge >= 0.3 is 0 Å². The fraction of sp³-hybridized carbons (Fsp3) is 0.400. The van der Waals surface area contributed by atoms with Crippen molar-refractivity contribution in [3.8, 4) is 11.4 Å². The molecule has 0 spiro atoms. The van der Waals surface area contributed by atoms with E-state index in [0.717, 1.165) is 40.3 Å². The zero-order chi connectivity index (χ0) is 17.4. The van der Waals surface area contributed by atoms with Gasteiger partial charge in [0.2, 0.25) is 0 Å². The number of hydrogen-bond acceptors (Lipinski definition) is 3. The average Bonchev–Trinajstić information content (AvgIpc) is 3.33. The molecule has 5 heteroatoms.